The van der Waals surface area contributed by atoms with E-state index in [2.05, 4.69) is 15.1 Å². The van der Waals surface area contributed by atoms with E-state index in [-0.39, 0.29) is 5.91 Å². The van der Waals surface area contributed by atoms with Crippen LogP contribution in [0.25, 0.3) is 11.4 Å². The van der Waals surface area contributed by atoms with E-state index >= 15 is 0 Å². The second-order valence-electron chi connectivity index (χ2n) is 5.39. The number of rotatable bonds is 2. The van der Waals surface area contributed by atoms with Crippen LogP contribution in [0.3, 0.4) is 0 Å². The molecule has 0 radical (unpaired) electrons. The summed E-state index contributed by atoms with van der Waals surface area (Å²) in [5.74, 6) is 1.72. The van der Waals surface area contributed by atoms with Gasteiger partial charge in [-0.15, -0.1) is 10.2 Å². The third kappa shape index (κ3) is 2.78. The molecular weight excluding hydrogens is 302 g/mol. The summed E-state index contributed by atoms with van der Waals surface area (Å²) >= 11 is 6.04. The van der Waals surface area contributed by atoms with Crippen LogP contribution in [0.1, 0.15) is 6.92 Å². The van der Waals surface area contributed by atoms with Gasteiger partial charge in [-0.05, 0) is 12.1 Å². The summed E-state index contributed by atoms with van der Waals surface area (Å²) in [7, 11) is 1.95. The molecule has 116 valence electrons. The Morgan fingerprint density at radius 2 is 1.91 bits per heavy atom. The zero-order valence-electron chi connectivity index (χ0n) is 12.7. The molecule has 1 aromatic carbocycles. The molecule has 7 heteroatoms. The topological polar surface area (TPSA) is 54.3 Å². The molecule has 0 saturated carbocycles. The standard InChI is InChI=1S/C15H18ClN5O/c1-11(22)20-6-8-21(9-7-20)15-18-17-14(19(15)2)12-4-3-5-13(16)10-12/h3-5,10H,6-9H2,1-2H3. The lowest BCUT2D eigenvalue weighted by Crippen LogP contribution is -2.48. The fraction of sp³-hybridized carbons (Fsp3) is 0.400. The fourth-order valence-corrected chi connectivity index (χ4v) is 2.89. The highest BCUT2D eigenvalue weighted by molar-refractivity contribution is 6.30. The number of hydrogen-bond donors (Lipinski definition) is 0. The number of anilines is 1. The van der Waals surface area contributed by atoms with Crippen LogP contribution >= 0.6 is 11.6 Å². The normalized spacial score (nSPS) is 15.2. The molecule has 2 heterocycles. The number of halogens is 1. The first-order valence-electron chi connectivity index (χ1n) is 7.22. The van der Waals surface area contributed by atoms with E-state index in [4.69, 9.17) is 11.6 Å². The minimum absolute atomic E-state index is 0.122. The van der Waals surface area contributed by atoms with Gasteiger partial charge in [0.1, 0.15) is 0 Å². The molecule has 1 aliphatic rings. The van der Waals surface area contributed by atoms with Crippen LogP contribution in [0.5, 0.6) is 0 Å². The number of benzene rings is 1. The average Bonchev–Trinajstić information content (AvgIpc) is 2.89. The second-order valence-corrected chi connectivity index (χ2v) is 5.82. The summed E-state index contributed by atoms with van der Waals surface area (Å²) in [6.07, 6.45) is 0. The van der Waals surface area contributed by atoms with E-state index in [1.165, 1.54) is 0 Å². The fourth-order valence-electron chi connectivity index (χ4n) is 2.70. The van der Waals surface area contributed by atoms with Crippen LogP contribution < -0.4 is 4.90 Å². The van der Waals surface area contributed by atoms with Gasteiger partial charge in [-0.3, -0.25) is 9.36 Å². The van der Waals surface area contributed by atoms with Crippen LogP contribution in [0.2, 0.25) is 5.02 Å². The minimum atomic E-state index is 0.122. The van der Waals surface area contributed by atoms with Crippen molar-refractivity contribution in [3.63, 3.8) is 0 Å². The zero-order valence-corrected chi connectivity index (χ0v) is 13.4. The highest BCUT2D eigenvalue weighted by Gasteiger charge is 2.23. The van der Waals surface area contributed by atoms with Crippen molar-refractivity contribution >= 4 is 23.5 Å². The van der Waals surface area contributed by atoms with Gasteiger partial charge in [-0.2, -0.15) is 0 Å². The summed E-state index contributed by atoms with van der Waals surface area (Å²) in [5.41, 5.74) is 0.941. The molecule has 0 atom stereocenters. The van der Waals surface area contributed by atoms with Crippen LogP contribution in [-0.2, 0) is 11.8 Å². The Balaban J connectivity index is 1.81. The number of carbonyl (C=O) groups excluding carboxylic acids is 1. The molecule has 1 aromatic heterocycles. The van der Waals surface area contributed by atoms with Gasteiger partial charge in [0.25, 0.3) is 0 Å². The first kappa shape index (κ1) is 14.8. The predicted molar refractivity (Wildman–Crippen MR) is 85.9 cm³/mol. The lowest BCUT2D eigenvalue weighted by Gasteiger charge is -2.34. The SMILES string of the molecule is CC(=O)N1CCN(c2nnc(-c3cccc(Cl)c3)n2C)CC1. The quantitative estimate of drug-likeness (QED) is 0.847. The predicted octanol–water partition coefficient (Wildman–Crippen LogP) is 1.80. The molecule has 6 nitrogen and oxygen atoms in total. The van der Waals surface area contributed by atoms with Crippen molar-refractivity contribution in [3.8, 4) is 11.4 Å². The maximum atomic E-state index is 11.4. The maximum Gasteiger partial charge on any atom is 0.227 e. The maximum absolute atomic E-state index is 11.4. The van der Waals surface area contributed by atoms with E-state index in [0.717, 1.165) is 30.4 Å². The summed E-state index contributed by atoms with van der Waals surface area (Å²) in [5, 5.41) is 9.27. The Morgan fingerprint density at radius 3 is 2.55 bits per heavy atom. The number of carbonyl (C=O) groups is 1. The number of piperazine rings is 1. The first-order valence-corrected chi connectivity index (χ1v) is 7.60. The van der Waals surface area contributed by atoms with Gasteiger partial charge in [0.2, 0.25) is 11.9 Å². The van der Waals surface area contributed by atoms with Crippen molar-refractivity contribution in [2.24, 2.45) is 7.05 Å². The highest BCUT2D eigenvalue weighted by atomic mass is 35.5. The summed E-state index contributed by atoms with van der Waals surface area (Å²) in [6.45, 7) is 4.57. The summed E-state index contributed by atoms with van der Waals surface area (Å²) < 4.78 is 1.97. The minimum Gasteiger partial charge on any atom is -0.339 e. The van der Waals surface area contributed by atoms with Crippen LogP contribution in [-0.4, -0.2) is 51.8 Å². The number of amides is 1. The first-order chi connectivity index (χ1) is 10.6. The molecule has 22 heavy (non-hydrogen) atoms. The van der Waals surface area contributed by atoms with Crippen LogP contribution in [0.4, 0.5) is 5.95 Å². The Kier molecular flexibility index (Phi) is 4.02. The molecule has 1 fully saturated rings. The Morgan fingerprint density at radius 1 is 1.18 bits per heavy atom. The molecule has 1 aliphatic heterocycles. The van der Waals surface area contributed by atoms with Crippen molar-refractivity contribution in [1.82, 2.24) is 19.7 Å². The molecular formula is C15H18ClN5O. The second kappa shape index (κ2) is 5.96. The number of aromatic nitrogens is 3. The summed E-state index contributed by atoms with van der Waals surface area (Å²) in [4.78, 5) is 15.4. The Bertz CT molecular complexity index is 691. The lowest BCUT2D eigenvalue weighted by atomic mass is 10.2. The Hall–Kier alpha value is -2.08. The van der Waals surface area contributed by atoms with Crippen molar-refractivity contribution in [2.45, 2.75) is 6.92 Å². The molecule has 0 N–H and O–H groups in total. The Labute approximate surface area is 134 Å². The van der Waals surface area contributed by atoms with E-state index in [1.54, 1.807) is 6.92 Å². The van der Waals surface area contributed by atoms with Gasteiger partial charge in [0.05, 0.1) is 0 Å². The highest BCUT2D eigenvalue weighted by Crippen LogP contribution is 2.24. The summed E-state index contributed by atoms with van der Waals surface area (Å²) in [6, 6.07) is 7.58. The van der Waals surface area contributed by atoms with Crippen molar-refractivity contribution in [2.75, 3.05) is 31.1 Å². The van der Waals surface area contributed by atoms with E-state index in [9.17, 15) is 4.79 Å². The van der Waals surface area contributed by atoms with Crippen molar-refractivity contribution in [1.29, 1.82) is 0 Å². The largest absolute Gasteiger partial charge is 0.339 e. The lowest BCUT2D eigenvalue weighted by molar-refractivity contribution is -0.129. The number of nitrogens with zero attached hydrogens (tertiary/aromatic N) is 5. The van der Waals surface area contributed by atoms with E-state index < -0.39 is 0 Å². The van der Waals surface area contributed by atoms with Gasteiger partial charge in [-0.1, -0.05) is 23.7 Å². The smallest absolute Gasteiger partial charge is 0.227 e. The van der Waals surface area contributed by atoms with Gasteiger partial charge < -0.3 is 9.80 Å². The van der Waals surface area contributed by atoms with Gasteiger partial charge >= 0.3 is 0 Å². The van der Waals surface area contributed by atoms with Gasteiger partial charge in [-0.25, -0.2) is 0 Å². The molecule has 0 spiro atoms. The van der Waals surface area contributed by atoms with Crippen molar-refractivity contribution in [3.05, 3.63) is 29.3 Å². The van der Waals surface area contributed by atoms with Crippen molar-refractivity contribution < 1.29 is 4.79 Å². The molecule has 0 aliphatic carbocycles. The third-order valence-corrected chi connectivity index (χ3v) is 4.18. The van der Waals surface area contributed by atoms with E-state index in [1.807, 2.05) is 40.8 Å². The third-order valence-electron chi connectivity index (χ3n) is 3.94. The molecule has 3 rings (SSSR count). The van der Waals surface area contributed by atoms with Gasteiger partial charge in [0, 0.05) is 50.7 Å². The zero-order chi connectivity index (χ0) is 15.7. The van der Waals surface area contributed by atoms with Crippen LogP contribution in [0, 0.1) is 0 Å². The molecule has 1 amide bonds. The average molecular weight is 320 g/mol. The number of hydrogen-bond acceptors (Lipinski definition) is 4. The molecule has 2 aromatic rings. The monoisotopic (exact) mass is 319 g/mol. The molecule has 1 saturated heterocycles. The van der Waals surface area contributed by atoms with E-state index in [0.29, 0.717) is 18.1 Å². The molecule has 0 unspecified atom stereocenters. The molecule has 0 bridgehead atoms. The van der Waals surface area contributed by atoms with Gasteiger partial charge in [0.15, 0.2) is 5.82 Å². The van der Waals surface area contributed by atoms with Crippen LogP contribution in [0.15, 0.2) is 24.3 Å².